The number of rotatable bonds is 4. The number of alkyl halides is 3. The Morgan fingerprint density at radius 1 is 1.17 bits per heavy atom. The van der Waals surface area contributed by atoms with Crippen LogP contribution in [0.4, 0.5) is 17.6 Å². The van der Waals surface area contributed by atoms with Crippen LogP contribution in [-0.4, -0.2) is 48.1 Å². The van der Waals surface area contributed by atoms with E-state index in [4.69, 9.17) is 0 Å². The maximum Gasteiger partial charge on any atom is 0.406 e. The number of azo groups is 1. The first kappa shape index (κ1) is 20.9. The summed E-state index contributed by atoms with van der Waals surface area (Å²) in [6.07, 6.45) is -1.80. The lowest BCUT2D eigenvalue weighted by atomic mass is 10.0. The molecule has 1 aromatic rings. The summed E-state index contributed by atoms with van der Waals surface area (Å²) in [5.74, 6) is -4.04. The molecule has 1 amide bonds. The van der Waals surface area contributed by atoms with Crippen LogP contribution in [0.2, 0.25) is 0 Å². The Hall–Kier alpha value is -2.33. The van der Waals surface area contributed by atoms with Crippen LogP contribution < -0.4 is 5.32 Å². The zero-order valence-electron chi connectivity index (χ0n) is 16.5. The van der Waals surface area contributed by atoms with E-state index < -0.39 is 18.0 Å². The van der Waals surface area contributed by atoms with Gasteiger partial charge in [-0.05, 0) is 56.2 Å². The summed E-state index contributed by atoms with van der Waals surface area (Å²) in [5.41, 5.74) is 1.63. The number of benzene rings is 1. The normalized spacial score (nSPS) is 23.1. The molecule has 4 rings (SSSR count). The highest BCUT2D eigenvalue weighted by Crippen LogP contribution is 2.40. The van der Waals surface area contributed by atoms with E-state index in [2.05, 4.69) is 27.5 Å². The molecule has 1 unspecified atom stereocenters. The molecule has 1 atom stereocenters. The molecule has 30 heavy (non-hydrogen) atoms. The van der Waals surface area contributed by atoms with Gasteiger partial charge in [-0.3, -0.25) is 4.79 Å². The highest BCUT2D eigenvalue weighted by molar-refractivity contribution is 5.83. The molecule has 10 heteroatoms. The van der Waals surface area contributed by atoms with Gasteiger partial charge < -0.3 is 15.1 Å². The number of hydrogen-bond acceptors (Lipinski definition) is 5. The van der Waals surface area contributed by atoms with E-state index in [1.165, 1.54) is 11.0 Å². The zero-order chi connectivity index (χ0) is 21.5. The van der Waals surface area contributed by atoms with Crippen LogP contribution in [0.5, 0.6) is 0 Å². The molecule has 0 radical (unpaired) electrons. The van der Waals surface area contributed by atoms with Gasteiger partial charge in [-0.15, -0.1) is 5.11 Å². The van der Waals surface area contributed by atoms with Crippen molar-refractivity contribution in [3.05, 3.63) is 46.5 Å². The van der Waals surface area contributed by atoms with Crippen molar-refractivity contribution in [2.24, 2.45) is 16.1 Å². The number of amides is 1. The smallest absolute Gasteiger partial charge is 0.364 e. The van der Waals surface area contributed by atoms with Crippen molar-refractivity contribution >= 4 is 5.91 Å². The predicted molar refractivity (Wildman–Crippen MR) is 100 cm³/mol. The SMILES string of the molecule is CN1CCC(NCc2cc3c(cc2F)CN(C2=CN=NC(=O)C2C(F)(F)F)C3)CC1. The monoisotopic (exact) mass is 425 g/mol. The van der Waals surface area contributed by atoms with Crippen molar-refractivity contribution in [3.63, 3.8) is 0 Å². The Bertz CT molecular complexity index is 890. The van der Waals surface area contributed by atoms with Gasteiger partial charge in [-0.2, -0.15) is 18.3 Å². The lowest BCUT2D eigenvalue weighted by molar-refractivity contribution is -0.177. The topological polar surface area (TPSA) is 60.3 Å². The lowest BCUT2D eigenvalue weighted by Crippen LogP contribution is -2.40. The number of likely N-dealkylation sites (tertiary alicyclic amines) is 1. The van der Waals surface area contributed by atoms with Crippen molar-refractivity contribution in [2.75, 3.05) is 20.1 Å². The van der Waals surface area contributed by atoms with E-state index in [1.807, 2.05) is 0 Å². The lowest BCUT2D eigenvalue weighted by Gasteiger charge is -2.29. The third-order valence-electron chi connectivity index (χ3n) is 5.97. The van der Waals surface area contributed by atoms with E-state index in [0.717, 1.165) is 37.7 Å². The average Bonchev–Trinajstić information content (AvgIpc) is 3.09. The first-order valence-electron chi connectivity index (χ1n) is 9.91. The van der Waals surface area contributed by atoms with E-state index in [-0.39, 0.29) is 24.6 Å². The molecule has 0 saturated carbocycles. The summed E-state index contributed by atoms with van der Waals surface area (Å²) in [7, 11) is 2.07. The molecule has 0 spiro atoms. The minimum Gasteiger partial charge on any atom is -0.364 e. The summed E-state index contributed by atoms with van der Waals surface area (Å²) in [6.45, 7) is 2.61. The zero-order valence-corrected chi connectivity index (χ0v) is 16.5. The van der Waals surface area contributed by atoms with Gasteiger partial charge in [-0.25, -0.2) is 4.39 Å². The highest BCUT2D eigenvalue weighted by atomic mass is 19.4. The first-order chi connectivity index (χ1) is 14.2. The average molecular weight is 425 g/mol. The van der Waals surface area contributed by atoms with Crippen molar-refractivity contribution < 1.29 is 22.4 Å². The van der Waals surface area contributed by atoms with E-state index >= 15 is 0 Å². The van der Waals surface area contributed by atoms with E-state index in [9.17, 15) is 22.4 Å². The van der Waals surface area contributed by atoms with E-state index in [1.54, 1.807) is 6.07 Å². The summed E-state index contributed by atoms with van der Waals surface area (Å²) in [6, 6.07) is 3.42. The first-order valence-corrected chi connectivity index (χ1v) is 9.91. The summed E-state index contributed by atoms with van der Waals surface area (Å²) in [4.78, 5) is 15.4. The number of hydrogen-bond donors (Lipinski definition) is 1. The number of nitrogens with one attached hydrogen (secondary N) is 1. The van der Waals surface area contributed by atoms with Crippen LogP contribution in [-0.2, 0) is 24.4 Å². The Kier molecular flexibility index (Phi) is 5.63. The number of carbonyl (C=O) groups is 1. The number of halogens is 4. The standard InChI is InChI=1S/C20H23F4N5O/c1-28-4-2-15(3-5-28)25-8-12-6-13-10-29(11-14(13)7-16(12)21)17-9-26-27-19(30)18(17)20(22,23)24/h6-7,9,15,18,25H,2-5,8,10-11H2,1H3. The van der Waals surface area contributed by atoms with Crippen LogP contribution in [0.25, 0.3) is 0 Å². The fraction of sp³-hybridized carbons (Fsp3) is 0.550. The van der Waals surface area contributed by atoms with Gasteiger partial charge in [0.1, 0.15) is 5.82 Å². The van der Waals surface area contributed by atoms with Gasteiger partial charge in [-0.1, -0.05) is 0 Å². The molecule has 3 aliphatic rings. The summed E-state index contributed by atoms with van der Waals surface area (Å²) in [5, 5.41) is 9.84. The number of nitrogens with zero attached hydrogens (tertiary/aromatic N) is 4. The molecule has 1 fully saturated rings. The van der Waals surface area contributed by atoms with Crippen molar-refractivity contribution in [1.82, 2.24) is 15.1 Å². The third-order valence-corrected chi connectivity index (χ3v) is 5.97. The van der Waals surface area contributed by atoms with Gasteiger partial charge in [0, 0.05) is 31.2 Å². The van der Waals surface area contributed by atoms with Crippen LogP contribution in [0.3, 0.4) is 0 Å². The fourth-order valence-corrected chi connectivity index (χ4v) is 4.23. The van der Waals surface area contributed by atoms with Crippen LogP contribution in [0.1, 0.15) is 29.5 Å². The molecule has 0 aliphatic carbocycles. The number of carbonyl (C=O) groups excluding carboxylic acids is 1. The van der Waals surface area contributed by atoms with Gasteiger partial charge >= 0.3 is 6.18 Å². The van der Waals surface area contributed by atoms with Gasteiger partial charge in [0.05, 0.1) is 11.9 Å². The molecule has 1 N–H and O–H groups in total. The molecule has 0 aromatic heterocycles. The molecule has 0 bridgehead atoms. The van der Waals surface area contributed by atoms with Gasteiger partial charge in [0.15, 0.2) is 5.92 Å². The Morgan fingerprint density at radius 2 is 1.83 bits per heavy atom. The fourth-order valence-electron chi connectivity index (χ4n) is 4.23. The largest absolute Gasteiger partial charge is 0.406 e. The number of piperidine rings is 1. The Morgan fingerprint density at radius 3 is 2.50 bits per heavy atom. The predicted octanol–water partition coefficient (Wildman–Crippen LogP) is 3.34. The molecule has 3 aliphatic heterocycles. The second-order valence-electron chi connectivity index (χ2n) is 8.11. The molecule has 3 heterocycles. The molecule has 1 saturated heterocycles. The van der Waals surface area contributed by atoms with Crippen LogP contribution >= 0.6 is 0 Å². The van der Waals surface area contributed by atoms with Crippen molar-refractivity contribution in [2.45, 2.75) is 44.7 Å². The third kappa shape index (κ3) is 4.24. The number of fused-ring (bicyclic) bond motifs is 1. The minimum absolute atomic E-state index is 0.0934. The molecule has 1 aromatic carbocycles. The maximum atomic E-state index is 14.6. The van der Waals surface area contributed by atoms with Gasteiger partial charge in [0.25, 0.3) is 5.91 Å². The summed E-state index contributed by atoms with van der Waals surface area (Å²) < 4.78 is 54.8. The molecule has 162 valence electrons. The Labute approximate surface area is 171 Å². The molecular formula is C20H23F4N5O. The van der Waals surface area contributed by atoms with Crippen LogP contribution in [0, 0.1) is 11.7 Å². The Balaban J connectivity index is 1.47. The highest BCUT2D eigenvalue weighted by Gasteiger charge is 2.50. The van der Waals surface area contributed by atoms with Gasteiger partial charge in [0.2, 0.25) is 0 Å². The molecule has 6 nitrogen and oxygen atoms in total. The van der Waals surface area contributed by atoms with Crippen molar-refractivity contribution in [1.29, 1.82) is 0 Å². The second kappa shape index (κ2) is 8.07. The summed E-state index contributed by atoms with van der Waals surface area (Å²) >= 11 is 0. The molecular weight excluding hydrogens is 402 g/mol. The van der Waals surface area contributed by atoms with Crippen LogP contribution in [0.15, 0.2) is 34.3 Å². The minimum atomic E-state index is -4.76. The van der Waals surface area contributed by atoms with Crippen molar-refractivity contribution in [3.8, 4) is 0 Å². The van der Waals surface area contributed by atoms with E-state index in [0.29, 0.717) is 23.7 Å². The quantitative estimate of drug-likeness (QED) is 0.752. The second-order valence-corrected chi connectivity index (χ2v) is 8.11. The maximum absolute atomic E-state index is 14.6.